The van der Waals surface area contributed by atoms with Crippen molar-refractivity contribution in [1.82, 2.24) is 4.90 Å². The first-order valence-corrected chi connectivity index (χ1v) is 11.7. The zero-order chi connectivity index (χ0) is 23.4. The minimum Gasteiger partial charge on any atom is -0.299 e. The van der Waals surface area contributed by atoms with Crippen LogP contribution >= 0.6 is 23.2 Å². The van der Waals surface area contributed by atoms with Gasteiger partial charge in [0.1, 0.15) is 5.92 Å². The number of carbonyl (C=O) groups is 2. The van der Waals surface area contributed by atoms with Crippen LogP contribution in [0.3, 0.4) is 0 Å². The highest BCUT2D eigenvalue weighted by molar-refractivity contribution is 6.31. The molecule has 0 aliphatic carbocycles. The highest BCUT2D eigenvalue weighted by atomic mass is 35.5. The summed E-state index contributed by atoms with van der Waals surface area (Å²) in [6.07, 6.45) is 0.437. The number of halogens is 2. The summed E-state index contributed by atoms with van der Waals surface area (Å²) in [6, 6.07) is 24.0. The molecular weight excluding hydrogens is 457 g/mol. The summed E-state index contributed by atoms with van der Waals surface area (Å²) in [4.78, 5) is 29.2. The van der Waals surface area contributed by atoms with Crippen molar-refractivity contribution < 1.29 is 9.59 Å². The maximum atomic E-state index is 13.5. The second-order valence-electron chi connectivity index (χ2n) is 7.95. The topological polar surface area (TPSA) is 43.9 Å². The van der Waals surface area contributed by atoms with Gasteiger partial charge in [-0.3, -0.25) is 14.5 Å². The number of nitrogens with zero attached hydrogens (tertiary/aromatic N) is 3. The van der Waals surface area contributed by atoms with Crippen LogP contribution in [0.1, 0.15) is 18.9 Å². The van der Waals surface area contributed by atoms with E-state index in [4.69, 9.17) is 23.2 Å². The summed E-state index contributed by atoms with van der Waals surface area (Å²) < 4.78 is 0. The SMILES string of the molecule is CCN(CCC1C(=O)N(c2ccc(Cl)cc2)N(c2ccc(Cl)cc2)C1=O)Cc1ccccc1. The largest absolute Gasteiger partial charge is 0.299 e. The van der Waals surface area contributed by atoms with Crippen molar-refractivity contribution in [1.29, 1.82) is 0 Å². The van der Waals surface area contributed by atoms with E-state index in [0.29, 0.717) is 34.4 Å². The van der Waals surface area contributed by atoms with Gasteiger partial charge in [-0.15, -0.1) is 0 Å². The van der Waals surface area contributed by atoms with Gasteiger partial charge in [0, 0.05) is 16.6 Å². The minimum absolute atomic E-state index is 0.243. The monoisotopic (exact) mass is 481 g/mol. The zero-order valence-electron chi connectivity index (χ0n) is 18.3. The molecule has 7 heteroatoms. The average Bonchev–Trinajstić information content (AvgIpc) is 3.08. The molecule has 0 aromatic heterocycles. The molecule has 3 aromatic rings. The molecular formula is C26H25Cl2N3O2. The molecule has 0 N–H and O–H groups in total. The molecule has 5 nitrogen and oxygen atoms in total. The molecule has 2 amide bonds. The van der Waals surface area contributed by atoms with E-state index in [1.165, 1.54) is 15.6 Å². The van der Waals surface area contributed by atoms with Crippen molar-refractivity contribution in [3.63, 3.8) is 0 Å². The minimum atomic E-state index is -0.763. The van der Waals surface area contributed by atoms with E-state index in [9.17, 15) is 9.59 Å². The van der Waals surface area contributed by atoms with Crippen molar-refractivity contribution in [2.75, 3.05) is 23.1 Å². The Kier molecular flexibility index (Phi) is 7.33. The Labute approximate surface area is 204 Å². The summed E-state index contributed by atoms with van der Waals surface area (Å²) in [5, 5.41) is 4.01. The number of rotatable bonds is 8. The molecule has 1 saturated heterocycles. The predicted octanol–water partition coefficient (Wildman–Crippen LogP) is 5.82. The first-order chi connectivity index (χ1) is 16.0. The Bertz CT molecular complexity index is 1040. The van der Waals surface area contributed by atoms with Gasteiger partial charge in [-0.2, -0.15) is 0 Å². The van der Waals surface area contributed by atoms with Crippen LogP contribution in [0, 0.1) is 5.92 Å². The van der Waals surface area contributed by atoms with E-state index < -0.39 is 5.92 Å². The molecule has 0 saturated carbocycles. The quantitative estimate of drug-likeness (QED) is 0.381. The second kappa shape index (κ2) is 10.4. The molecule has 0 bridgehead atoms. The molecule has 4 rings (SSSR count). The number of hydrogen-bond donors (Lipinski definition) is 0. The van der Waals surface area contributed by atoms with Crippen LogP contribution < -0.4 is 10.0 Å². The standard InChI is InChI=1S/C26H25Cl2N3O2/c1-2-29(18-19-6-4-3-5-7-19)17-16-24-25(32)30(22-12-8-20(27)9-13-22)31(26(24)33)23-14-10-21(28)11-15-23/h3-15,24H,2,16-18H2,1H3. The number of hydrogen-bond acceptors (Lipinski definition) is 3. The van der Waals surface area contributed by atoms with Crippen molar-refractivity contribution in [3.8, 4) is 0 Å². The van der Waals surface area contributed by atoms with E-state index in [1.807, 2.05) is 18.2 Å². The number of benzene rings is 3. The number of anilines is 2. The lowest BCUT2D eigenvalue weighted by Gasteiger charge is -2.27. The Morgan fingerprint density at radius 3 is 1.70 bits per heavy atom. The highest BCUT2D eigenvalue weighted by Gasteiger charge is 2.46. The Hall–Kier alpha value is -2.86. The van der Waals surface area contributed by atoms with Gasteiger partial charge in [0.25, 0.3) is 11.8 Å². The summed E-state index contributed by atoms with van der Waals surface area (Å²) in [5.41, 5.74) is 2.38. The van der Waals surface area contributed by atoms with Gasteiger partial charge in [0.15, 0.2) is 0 Å². The average molecular weight is 482 g/mol. The van der Waals surface area contributed by atoms with Crippen LogP contribution in [0.2, 0.25) is 10.0 Å². The fourth-order valence-electron chi connectivity index (χ4n) is 4.00. The van der Waals surface area contributed by atoms with Crippen molar-refractivity contribution in [2.24, 2.45) is 5.92 Å². The summed E-state index contributed by atoms with van der Waals surface area (Å²) >= 11 is 12.1. The first-order valence-electron chi connectivity index (χ1n) is 10.9. The third-order valence-electron chi connectivity index (χ3n) is 5.79. The van der Waals surface area contributed by atoms with E-state index in [-0.39, 0.29) is 11.8 Å². The molecule has 1 aliphatic rings. The molecule has 3 aromatic carbocycles. The van der Waals surface area contributed by atoms with Gasteiger partial charge >= 0.3 is 0 Å². The van der Waals surface area contributed by atoms with E-state index in [1.54, 1.807) is 48.5 Å². The number of hydrazine groups is 1. The Morgan fingerprint density at radius 1 is 0.758 bits per heavy atom. The maximum Gasteiger partial charge on any atom is 0.258 e. The Balaban J connectivity index is 1.58. The molecule has 0 atom stereocenters. The van der Waals surface area contributed by atoms with Crippen LogP contribution in [0.15, 0.2) is 78.9 Å². The second-order valence-corrected chi connectivity index (χ2v) is 8.82. The van der Waals surface area contributed by atoms with Gasteiger partial charge in [-0.1, -0.05) is 60.5 Å². The summed E-state index contributed by atoms with van der Waals surface area (Å²) in [6.45, 7) is 4.32. The van der Waals surface area contributed by atoms with Crippen molar-refractivity contribution >= 4 is 46.4 Å². The summed E-state index contributed by atoms with van der Waals surface area (Å²) in [5.74, 6) is -1.25. The molecule has 0 spiro atoms. The van der Waals surface area contributed by atoms with Crippen LogP contribution in [0.4, 0.5) is 11.4 Å². The maximum absolute atomic E-state index is 13.5. The molecule has 0 unspecified atom stereocenters. The van der Waals surface area contributed by atoms with Crippen LogP contribution in [0.25, 0.3) is 0 Å². The normalized spacial score (nSPS) is 14.5. The van der Waals surface area contributed by atoms with Crippen LogP contribution in [-0.4, -0.2) is 29.8 Å². The first kappa shape index (κ1) is 23.3. The smallest absolute Gasteiger partial charge is 0.258 e. The highest BCUT2D eigenvalue weighted by Crippen LogP contribution is 2.34. The number of carbonyl (C=O) groups excluding carboxylic acids is 2. The van der Waals surface area contributed by atoms with Gasteiger partial charge in [-0.25, -0.2) is 10.0 Å². The zero-order valence-corrected chi connectivity index (χ0v) is 19.8. The van der Waals surface area contributed by atoms with Gasteiger partial charge in [0.05, 0.1) is 11.4 Å². The van der Waals surface area contributed by atoms with Crippen molar-refractivity contribution in [3.05, 3.63) is 94.5 Å². The lowest BCUT2D eigenvalue weighted by molar-refractivity contribution is -0.127. The predicted molar refractivity (Wildman–Crippen MR) is 133 cm³/mol. The molecule has 1 heterocycles. The van der Waals surface area contributed by atoms with E-state index in [0.717, 1.165) is 13.1 Å². The molecule has 0 radical (unpaired) electrons. The third kappa shape index (κ3) is 5.22. The lowest BCUT2D eigenvalue weighted by atomic mass is 10.0. The van der Waals surface area contributed by atoms with Gasteiger partial charge in [-0.05, 0) is 73.6 Å². The van der Waals surface area contributed by atoms with Gasteiger partial charge in [0.2, 0.25) is 0 Å². The Morgan fingerprint density at radius 2 is 1.24 bits per heavy atom. The molecule has 33 heavy (non-hydrogen) atoms. The fourth-order valence-corrected chi connectivity index (χ4v) is 4.25. The number of amides is 2. The van der Waals surface area contributed by atoms with E-state index >= 15 is 0 Å². The molecule has 170 valence electrons. The molecule has 1 aliphatic heterocycles. The van der Waals surface area contributed by atoms with E-state index in [2.05, 4.69) is 24.0 Å². The van der Waals surface area contributed by atoms with Gasteiger partial charge < -0.3 is 0 Å². The molecule has 1 fully saturated rings. The summed E-state index contributed by atoms with van der Waals surface area (Å²) in [7, 11) is 0. The lowest BCUT2D eigenvalue weighted by Crippen LogP contribution is -2.41. The third-order valence-corrected chi connectivity index (χ3v) is 6.29. The fraction of sp³-hybridized carbons (Fsp3) is 0.231. The van der Waals surface area contributed by atoms with Crippen LogP contribution in [0.5, 0.6) is 0 Å². The van der Waals surface area contributed by atoms with Crippen LogP contribution in [-0.2, 0) is 16.1 Å². The van der Waals surface area contributed by atoms with Crippen molar-refractivity contribution in [2.45, 2.75) is 19.9 Å².